The number of benzene rings is 1. The lowest BCUT2D eigenvalue weighted by Crippen LogP contribution is -2.47. The molecule has 0 aromatic heterocycles. The second kappa shape index (κ2) is 7.49. The highest BCUT2D eigenvalue weighted by atomic mass is 16.6. The van der Waals surface area contributed by atoms with Crippen molar-refractivity contribution in [2.75, 3.05) is 33.3 Å². The predicted molar refractivity (Wildman–Crippen MR) is 81.4 cm³/mol. The van der Waals surface area contributed by atoms with Gasteiger partial charge in [0.2, 0.25) is 0 Å². The van der Waals surface area contributed by atoms with Crippen LogP contribution in [0.15, 0.2) is 24.3 Å². The fraction of sp³-hybridized carbons (Fsp3) is 0.600. The Morgan fingerprint density at radius 3 is 2.76 bits per heavy atom. The molecule has 1 saturated heterocycles. The zero-order valence-electron chi connectivity index (χ0n) is 12.6. The van der Waals surface area contributed by atoms with Gasteiger partial charge in [0.25, 0.3) is 5.69 Å². The number of likely N-dealkylation sites (N-methyl/N-ethyl adjacent to an activating group) is 1. The average Bonchev–Trinajstić information content (AvgIpc) is 2.48. The molecule has 1 fully saturated rings. The largest absolute Gasteiger partial charge is 0.374 e. The van der Waals surface area contributed by atoms with Gasteiger partial charge in [0.1, 0.15) is 0 Å². The minimum Gasteiger partial charge on any atom is -0.374 e. The van der Waals surface area contributed by atoms with Gasteiger partial charge in [-0.05, 0) is 25.6 Å². The molecule has 0 amide bonds. The molecule has 1 aliphatic heterocycles. The van der Waals surface area contributed by atoms with Gasteiger partial charge in [0.05, 0.1) is 23.7 Å². The molecule has 2 rings (SSSR count). The van der Waals surface area contributed by atoms with Gasteiger partial charge >= 0.3 is 0 Å². The third-order valence-electron chi connectivity index (χ3n) is 3.82. The zero-order valence-corrected chi connectivity index (χ0v) is 12.6. The van der Waals surface area contributed by atoms with Crippen molar-refractivity contribution in [3.05, 3.63) is 39.9 Å². The number of rotatable bonds is 6. The number of morpholine rings is 1. The van der Waals surface area contributed by atoms with E-state index in [9.17, 15) is 10.1 Å². The van der Waals surface area contributed by atoms with Crippen molar-refractivity contribution < 1.29 is 9.66 Å². The molecule has 0 aliphatic carbocycles. The van der Waals surface area contributed by atoms with Crippen LogP contribution in [0.1, 0.15) is 24.9 Å². The number of hydrogen-bond acceptors (Lipinski definition) is 5. The maximum absolute atomic E-state index is 10.8. The topological polar surface area (TPSA) is 67.6 Å². The summed E-state index contributed by atoms with van der Waals surface area (Å²) >= 11 is 0. The molecule has 1 aromatic carbocycles. The lowest BCUT2D eigenvalue weighted by molar-refractivity contribution is -0.384. The van der Waals surface area contributed by atoms with E-state index in [2.05, 4.69) is 24.2 Å². The van der Waals surface area contributed by atoms with Gasteiger partial charge in [-0.2, -0.15) is 0 Å². The van der Waals surface area contributed by atoms with E-state index < -0.39 is 0 Å². The number of nitro groups is 1. The molecule has 6 heteroatoms. The van der Waals surface area contributed by atoms with Crippen LogP contribution in [0, 0.1) is 10.1 Å². The van der Waals surface area contributed by atoms with E-state index in [0.717, 1.165) is 38.2 Å². The number of non-ortho nitro benzene ring substituents is 1. The third kappa shape index (κ3) is 4.00. The molecule has 2 atom stereocenters. The summed E-state index contributed by atoms with van der Waals surface area (Å²) in [6, 6.07) is 6.92. The Balaban J connectivity index is 2.13. The number of hydrogen-bond donors (Lipinski definition) is 1. The Bertz CT molecular complexity index is 464. The molecule has 0 spiro atoms. The summed E-state index contributed by atoms with van der Waals surface area (Å²) in [5.74, 6) is 0. The van der Waals surface area contributed by atoms with Crippen LogP contribution in [0.5, 0.6) is 0 Å². The molecule has 2 unspecified atom stereocenters. The molecule has 1 heterocycles. The minimum absolute atomic E-state index is 0.0664. The summed E-state index contributed by atoms with van der Waals surface area (Å²) in [6.45, 7) is 5.48. The normalized spacial score (nSPS) is 23.1. The Morgan fingerprint density at radius 1 is 1.43 bits per heavy atom. The van der Waals surface area contributed by atoms with Gasteiger partial charge in [-0.1, -0.05) is 19.1 Å². The summed E-state index contributed by atoms with van der Waals surface area (Å²) in [5.41, 5.74) is 1.19. The average molecular weight is 293 g/mol. The standard InChI is InChI=1S/C15H23N3O3/c1-3-8-16-11-14-15(17(2)9-10-21-14)12-4-6-13(7-5-12)18(19)20/h4-7,14-16H,3,8-11H2,1-2H3. The summed E-state index contributed by atoms with van der Waals surface area (Å²) in [6.07, 6.45) is 1.15. The highest BCUT2D eigenvalue weighted by Gasteiger charge is 2.31. The lowest BCUT2D eigenvalue weighted by atomic mass is 9.98. The van der Waals surface area contributed by atoms with Crippen molar-refractivity contribution in [3.63, 3.8) is 0 Å². The lowest BCUT2D eigenvalue weighted by Gasteiger charge is -2.39. The van der Waals surface area contributed by atoms with Crippen LogP contribution >= 0.6 is 0 Å². The number of ether oxygens (including phenoxy) is 1. The van der Waals surface area contributed by atoms with Gasteiger partial charge in [-0.15, -0.1) is 0 Å². The minimum atomic E-state index is -0.370. The predicted octanol–water partition coefficient (Wildman–Crippen LogP) is 1.97. The first-order valence-electron chi connectivity index (χ1n) is 7.40. The van der Waals surface area contributed by atoms with Gasteiger partial charge in [-0.25, -0.2) is 0 Å². The number of nitrogens with one attached hydrogen (secondary N) is 1. The Hall–Kier alpha value is -1.50. The number of nitro benzene ring substituents is 1. The van der Waals surface area contributed by atoms with E-state index in [0.29, 0.717) is 0 Å². The third-order valence-corrected chi connectivity index (χ3v) is 3.82. The molecule has 0 saturated carbocycles. The van der Waals surface area contributed by atoms with E-state index in [4.69, 9.17) is 4.74 Å². The van der Waals surface area contributed by atoms with Crippen molar-refractivity contribution in [1.82, 2.24) is 10.2 Å². The van der Waals surface area contributed by atoms with Crippen LogP contribution in [0.25, 0.3) is 0 Å². The van der Waals surface area contributed by atoms with E-state index in [1.165, 1.54) is 0 Å². The monoisotopic (exact) mass is 293 g/mol. The fourth-order valence-electron chi connectivity index (χ4n) is 2.72. The molecule has 1 aromatic rings. The first-order chi connectivity index (χ1) is 10.1. The summed E-state index contributed by atoms with van der Waals surface area (Å²) in [5, 5.41) is 14.1. The van der Waals surface area contributed by atoms with Crippen LogP contribution in [0.3, 0.4) is 0 Å². The second-order valence-corrected chi connectivity index (χ2v) is 5.39. The fourth-order valence-corrected chi connectivity index (χ4v) is 2.72. The summed E-state index contributed by atoms with van der Waals surface area (Å²) < 4.78 is 5.90. The van der Waals surface area contributed by atoms with E-state index in [1.54, 1.807) is 12.1 Å². The van der Waals surface area contributed by atoms with Gasteiger partial charge in [0.15, 0.2) is 0 Å². The Morgan fingerprint density at radius 2 is 2.14 bits per heavy atom. The quantitative estimate of drug-likeness (QED) is 0.493. The van der Waals surface area contributed by atoms with E-state index in [1.807, 2.05) is 12.1 Å². The van der Waals surface area contributed by atoms with Crippen LogP contribution in [-0.2, 0) is 4.74 Å². The van der Waals surface area contributed by atoms with Crippen molar-refractivity contribution in [3.8, 4) is 0 Å². The molecule has 21 heavy (non-hydrogen) atoms. The molecule has 1 N–H and O–H groups in total. The highest BCUT2D eigenvalue weighted by molar-refractivity contribution is 5.34. The molecule has 116 valence electrons. The van der Waals surface area contributed by atoms with Gasteiger partial charge < -0.3 is 10.1 Å². The van der Waals surface area contributed by atoms with Gasteiger partial charge in [-0.3, -0.25) is 15.0 Å². The highest BCUT2D eigenvalue weighted by Crippen LogP contribution is 2.29. The molecular weight excluding hydrogens is 270 g/mol. The Kier molecular flexibility index (Phi) is 5.67. The molecule has 1 aliphatic rings. The molecular formula is C15H23N3O3. The molecule has 6 nitrogen and oxygen atoms in total. The Labute approximate surface area is 125 Å². The van der Waals surface area contributed by atoms with E-state index >= 15 is 0 Å². The van der Waals surface area contributed by atoms with Crippen LogP contribution in [-0.4, -0.2) is 49.2 Å². The van der Waals surface area contributed by atoms with Crippen LogP contribution in [0.4, 0.5) is 5.69 Å². The second-order valence-electron chi connectivity index (χ2n) is 5.39. The summed E-state index contributed by atoms with van der Waals surface area (Å²) in [4.78, 5) is 12.6. The summed E-state index contributed by atoms with van der Waals surface area (Å²) in [7, 11) is 2.07. The maximum atomic E-state index is 10.8. The van der Waals surface area contributed by atoms with Crippen molar-refractivity contribution in [2.24, 2.45) is 0 Å². The zero-order chi connectivity index (χ0) is 15.2. The smallest absolute Gasteiger partial charge is 0.269 e. The van der Waals surface area contributed by atoms with Crippen LogP contribution < -0.4 is 5.32 Å². The first-order valence-corrected chi connectivity index (χ1v) is 7.40. The molecule has 0 bridgehead atoms. The number of nitrogens with zero attached hydrogens (tertiary/aromatic N) is 2. The first kappa shape index (κ1) is 15.9. The van der Waals surface area contributed by atoms with Crippen molar-refractivity contribution in [2.45, 2.75) is 25.5 Å². The molecule has 0 radical (unpaired) electrons. The SMILES string of the molecule is CCCNCC1OCCN(C)C1c1ccc([N+](=O)[O-])cc1. The van der Waals surface area contributed by atoms with Gasteiger partial charge in [0, 0.05) is 25.2 Å². The maximum Gasteiger partial charge on any atom is 0.269 e. The van der Waals surface area contributed by atoms with Crippen LogP contribution in [0.2, 0.25) is 0 Å². The van der Waals surface area contributed by atoms with Crippen molar-refractivity contribution >= 4 is 5.69 Å². The van der Waals surface area contributed by atoms with Crippen molar-refractivity contribution in [1.29, 1.82) is 0 Å². The van der Waals surface area contributed by atoms with E-state index in [-0.39, 0.29) is 22.8 Å².